The summed E-state index contributed by atoms with van der Waals surface area (Å²) in [4.78, 5) is 17.1. The Balaban J connectivity index is 1.95. The number of rotatable bonds is 5. The highest BCUT2D eigenvalue weighted by Gasteiger charge is 2.11. The Morgan fingerprint density at radius 2 is 1.85 bits per heavy atom. The van der Waals surface area contributed by atoms with Crippen LogP contribution in [-0.4, -0.2) is 11.1 Å². The predicted molar refractivity (Wildman–Crippen MR) is 107 cm³/mol. The highest BCUT2D eigenvalue weighted by molar-refractivity contribution is 7.99. The Bertz CT molecular complexity index is 972. The molecule has 0 saturated carbocycles. The minimum atomic E-state index is -0.406. The number of benzene rings is 3. The van der Waals surface area contributed by atoms with Gasteiger partial charge in [-0.1, -0.05) is 47.1 Å². The Kier molecular flexibility index (Phi) is 5.71. The Hall–Kier alpha value is -2.63. The van der Waals surface area contributed by atoms with Gasteiger partial charge in [-0.2, -0.15) is 0 Å². The smallest absolute Gasteiger partial charge is 0.258 e. The van der Waals surface area contributed by atoms with Crippen LogP contribution in [0.1, 0.15) is 11.1 Å². The van der Waals surface area contributed by atoms with E-state index in [9.17, 15) is 10.1 Å². The topological polar surface area (TPSA) is 55.5 Å². The molecule has 3 rings (SSSR count). The summed E-state index contributed by atoms with van der Waals surface area (Å²) in [5.74, 6) is 0. The van der Waals surface area contributed by atoms with Crippen molar-refractivity contribution in [2.24, 2.45) is 4.99 Å². The van der Waals surface area contributed by atoms with Crippen LogP contribution in [0.2, 0.25) is 5.02 Å². The van der Waals surface area contributed by atoms with Crippen LogP contribution in [0.5, 0.6) is 0 Å². The summed E-state index contributed by atoms with van der Waals surface area (Å²) >= 11 is 7.52. The molecule has 0 fully saturated rings. The highest BCUT2D eigenvalue weighted by Crippen LogP contribution is 2.32. The van der Waals surface area contributed by atoms with E-state index in [2.05, 4.69) is 4.99 Å². The van der Waals surface area contributed by atoms with Gasteiger partial charge in [-0.05, 0) is 43.3 Å². The first-order valence-electron chi connectivity index (χ1n) is 7.84. The van der Waals surface area contributed by atoms with Crippen molar-refractivity contribution < 1.29 is 4.92 Å². The minimum Gasteiger partial charge on any atom is -0.258 e. The number of aryl methyl sites for hydroxylation is 1. The van der Waals surface area contributed by atoms with E-state index in [-0.39, 0.29) is 5.69 Å². The lowest BCUT2D eigenvalue weighted by Gasteiger charge is -2.06. The number of nitro benzene ring substituents is 1. The molecule has 3 aromatic carbocycles. The Morgan fingerprint density at radius 1 is 1.08 bits per heavy atom. The summed E-state index contributed by atoms with van der Waals surface area (Å²) in [6.07, 6.45) is 1.63. The molecule has 4 nitrogen and oxygen atoms in total. The van der Waals surface area contributed by atoms with Crippen molar-refractivity contribution in [1.29, 1.82) is 0 Å². The molecule has 0 aliphatic rings. The Morgan fingerprint density at radius 3 is 2.54 bits per heavy atom. The SMILES string of the molecule is Cc1ccc(Sc2ccc([N+](=O)[O-])cc2C=Nc2cccc(Cl)c2)cc1. The Labute approximate surface area is 160 Å². The molecule has 0 atom stereocenters. The third-order valence-electron chi connectivity index (χ3n) is 3.61. The first-order valence-corrected chi connectivity index (χ1v) is 9.03. The number of nitrogens with zero attached hydrogens (tertiary/aromatic N) is 2. The fraction of sp³-hybridized carbons (Fsp3) is 0.0500. The highest BCUT2D eigenvalue weighted by atomic mass is 35.5. The summed E-state index contributed by atoms with van der Waals surface area (Å²) in [5.41, 5.74) is 2.59. The molecule has 6 heteroatoms. The fourth-order valence-corrected chi connectivity index (χ4v) is 3.35. The molecule has 26 heavy (non-hydrogen) atoms. The lowest BCUT2D eigenvalue weighted by atomic mass is 10.2. The average Bonchev–Trinajstić information content (AvgIpc) is 2.62. The van der Waals surface area contributed by atoms with Gasteiger partial charge in [-0.3, -0.25) is 15.1 Å². The summed E-state index contributed by atoms with van der Waals surface area (Å²) in [7, 11) is 0. The summed E-state index contributed by atoms with van der Waals surface area (Å²) in [5, 5.41) is 11.7. The zero-order chi connectivity index (χ0) is 18.5. The van der Waals surface area contributed by atoms with Crippen molar-refractivity contribution >= 4 is 41.0 Å². The second-order valence-electron chi connectivity index (χ2n) is 5.63. The van der Waals surface area contributed by atoms with Gasteiger partial charge in [0.25, 0.3) is 5.69 Å². The number of hydrogen-bond acceptors (Lipinski definition) is 4. The number of non-ortho nitro benzene ring substituents is 1. The third-order valence-corrected chi connectivity index (χ3v) is 4.95. The van der Waals surface area contributed by atoms with Crippen LogP contribution in [-0.2, 0) is 0 Å². The molecule has 0 aliphatic carbocycles. The van der Waals surface area contributed by atoms with Gasteiger partial charge < -0.3 is 0 Å². The molecule has 0 N–H and O–H groups in total. The quantitative estimate of drug-likeness (QED) is 0.289. The molecule has 0 aliphatic heterocycles. The largest absolute Gasteiger partial charge is 0.270 e. The van der Waals surface area contributed by atoms with Crippen LogP contribution in [0, 0.1) is 17.0 Å². The van der Waals surface area contributed by atoms with Gasteiger partial charge in [0, 0.05) is 38.7 Å². The molecule has 0 spiro atoms. The van der Waals surface area contributed by atoms with Gasteiger partial charge in [0.05, 0.1) is 10.6 Å². The van der Waals surface area contributed by atoms with Crippen LogP contribution in [0.25, 0.3) is 0 Å². The van der Waals surface area contributed by atoms with Crippen molar-refractivity contribution in [1.82, 2.24) is 0 Å². The third kappa shape index (κ3) is 4.71. The van der Waals surface area contributed by atoms with Crippen molar-refractivity contribution in [3.8, 4) is 0 Å². The van der Waals surface area contributed by atoms with Crippen LogP contribution < -0.4 is 0 Å². The van der Waals surface area contributed by atoms with Gasteiger partial charge in [-0.25, -0.2) is 0 Å². The van der Waals surface area contributed by atoms with Gasteiger partial charge >= 0.3 is 0 Å². The maximum absolute atomic E-state index is 11.1. The minimum absolute atomic E-state index is 0.0331. The maximum Gasteiger partial charge on any atom is 0.270 e. The van der Waals surface area contributed by atoms with E-state index < -0.39 is 4.92 Å². The number of halogens is 1. The van der Waals surface area contributed by atoms with E-state index in [4.69, 9.17) is 11.6 Å². The summed E-state index contributed by atoms with van der Waals surface area (Å²) < 4.78 is 0. The molecule has 0 heterocycles. The second-order valence-corrected chi connectivity index (χ2v) is 7.18. The molecule has 0 saturated heterocycles. The lowest BCUT2D eigenvalue weighted by Crippen LogP contribution is -1.92. The van der Waals surface area contributed by atoms with Crippen molar-refractivity contribution in [3.05, 3.63) is 93.0 Å². The van der Waals surface area contributed by atoms with Crippen LogP contribution >= 0.6 is 23.4 Å². The number of nitro groups is 1. The molecule has 0 aromatic heterocycles. The van der Waals surface area contributed by atoms with E-state index in [1.165, 1.54) is 17.7 Å². The second kappa shape index (κ2) is 8.17. The first-order chi connectivity index (χ1) is 12.5. The molecular formula is C20H15ClN2O2S. The molecule has 0 bridgehead atoms. The first kappa shape index (κ1) is 18.2. The van der Waals surface area contributed by atoms with E-state index in [0.29, 0.717) is 16.3 Å². The van der Waals surface area contributed by atoms with Crippen LogP contribution in [0.15, 0.2) is 81.5 Å². The van der Waals surface area contributed by atoms with Crippen LogP contribution in [0.3, 0.4) is 0 Å². The lowest BCUT2D eigenvalue weighted by molar-refractivity contribution is -0.384. The van der Waals surface area contributed by atoms with Gasteiger partial charge in [-0.15, -0.1) is 0 Å². The van der Waals surface area contributed by atoms with E-state index in [0.717, 1.165) is 9.79 Å². The molecule has 3 aromatic rings. The molecule has 0 amide bonds. The van der Waals surface area contributed by atoms with Gasteiger partial charge in [0.1, 0.15) is 0 Å². The maximum atomic E-state index is 11.1. The van der Waals surface area contributed by atoms with Gasteiger partial charge in [0.15, 0.2) is 0 Å². The van der Waals surface area contributed by atoms with E-state index >= 15 is 0 Å². The van der Waals surface area contributed by atoms with Crippen molar-refractivity contribution in [3.63, 3.8) is 0 Å². The zero-order valence-corrected chi connectivity index (χ0v) is 15.5. The van der Waals surface area contributed by atoms with E-state index in [1.807, 2.05) is 43.3 Å². The molecule has 130 valence electrons. The van der Waals surface area contributed by atoms with E-state index in [1.54, 1.807) is 36.2 Å². The predicted octanol–water partition coefficient (Wildman–Crippen LogP) is 6.46. The van der Waals surface area contributed by atoms with Crippen molar-refractivity contribution in [2.45, 2.75) is 16.7 Å². The fourth-order valence-electron chi connectivity index (χ4n) is 2.28. The normalized spacial score (nSPS) is 11.0. The molecule has 0 unspecified atom stereocenters. The van der Waals surface area contributed by atoms with Gasteiger partial charge in [0.2, 0.25) is 0 Å². The number of hydrogen-bond donors (Lipinski definition) is 0. The monoisotopic (exact) mass is 382 g/mol. The number of aliphatic imine (C=N–C) groups is 1. The standard InChI is InChI=1S/C20H15ClN2O2S/c1-14-5-8-19(9-6-14)26-20-10-7-18(23(24)25)11-15(20)13-22-17-4-2-3-16(21)12-17/h2-13H,1H3. The van der Waals surface area contributed by atoms with Crippen molar-refractivity contribution in [2.75, 3.05) is 0 Å². The molecular weight excluding hydrogens is 368 g/mol. The zero-order valence-electron chi connectivity index (χ0n) is 13.9. The average molecular weight is 383 g/mol. The molecule has 0 radical (unpaired) electrons. The summed E-state index contributed by atoms with van der Waals surface area (Å²) in [6, 6.07) is 20.1. The summed E-state index contributed by atoms with van der Waals surface area (Å²) in [6.45, 7) is 2.03. The van der Waals surface area contributed by atoms with Crippen LogP contribution in [0.4, 0.5) is 11.4 Å².